The fourth-order valence-electron chi connectivity index (χ4n) is 2.16. The van der Waals surface area contributed by atoms with E-state index in [-0.39, 0.29) is 0 Å². The number of benzene rings is 1. The summed E-state index contributed by atoms with van der Waals surface area (Å²) in [4.78, 5) is 1.32. The lowest BCUT2D eigenvalue weighted by atomic mass is 10.00. The molecule has 0 saturated heterocycles. The van der Waals surface area contributed by atoms with Gasteiger partial charge in [0.05, 0.1) is 6.61 Å². The highest BCUT2D eigenvalue weighted by atomic mass is 32.1. The number of ether oxygens (including phenoxy) is 1. The molecule has 0 aliphatic rings. The Labute approximate surface area is 112 Å². The van der Waals surface area contributed by atoms with E-state index >= 15 is 0 Å². The summed E-state index contributed by atoms with van der Waals surface area (Å²) in [6, 6.07) is 6.34. The Morgan fingerprint density at radius 1 is 1.28 bits per heavy atom. The Bertz CT molecular complexity index is 545. The largest absolute Gasteiger partial charge is 0.494 e. The van der Waals surface area contributed by atoms with Gasteiger partial charge in [0.25, 0.3) is 0 Å². The van der Waals surface area contributed by atoms with Crippen molar-refractivity contribution in [2.24, 2.45) is 5.73 Å². The second-order valence-electron chi connectivity index (χ2n) is 4.31. The molecule has 0 bridgehead atoms. The molecule has 0 unspecified atom stereocenters. The van der Waals surface area contributed by atoms with Crippen molar-refractivity contribution >= 4 is 11.3 Å². The fraction of sp³-hybridized carbons (Fsp3) is 0.333. The summed E-state index contributed by atoms with van der Waals surface area (Å²) < 4.78 is 5.57. The first-order valence-electron chi connectivity index (χ1n) is 6.18. The maximum Gasteiger partial charge on any atom is 0.122 e. The summed E-state index contributed by atoms with van der Waals surface area (Å²) in [5.41, 5.74) is 10.7. The quantitative estimate of drug-likeness (QED) is 0.906. The van der Waals surface area contributed by atoms with E-state index in [0.717, 1.165) is 5.75 Å². The second kappa shape index (κ2) is 5.55. The van der Waals surface area contributed by atoms with Gasteiger partial charge in [-0.05, 0) is 60.5 Å². The summed E-state index contributed by atoms with van der Waals surface area (Å²) in [5, 5.41) is 2.15. The first kappa shape index (κ1) is 13.1. The van der Waals surface area contributed by atoms with Crippen molar-refractivity contribution in [3.63, 3.8) is 0 Å². The number of rotatable bonds is 4. The predicted octanol–water partition coefficient (Wildman–Crippen LogP) is 3.89. The van der Waals surface area contributed by atoms with E-state index in [0.29, 0.717) is 13.2 Å². The lowest BCUT2D eigenvalue weighted by molar-refractivity contribution is 0.338. The molecule has 1 heterocycles. The van der Waals surface area contributed by atoms with Gasteiger partial charge in [-0.15, -0.1) is 11.3 Å². The van der Waals surface area contributed by atoms with Crippen LogP contribution in [0.5, 0.6) is 5.75 Å². The predicted molar refractivity (Wildman–Crippen MR) is 78.3 cm³/mol. The van der Waals surface area contributed by atoms with E-state index in [1.54, 1.807) is 11.3 Å². The molecular formula is C15H19NOS. The normalized spacial score (nSPS) is 10.7. The molecule has 1 aromatic heterocycles. The standard InChI is InChI=1S/C15H19NOS/c1-4-17-14-6-5-12(7-10(14)2)15-11(3)18-9-13(15)8-16/h5-7,9H,4,8,16H2,1-3H3. The lowest BCUT2D eigenvalue weighted by Gasteiger charge is -2.10. The molecule has 1 aromatic carbocycles. The molecule has 0 fully saturated rings. The molecule has 2 aromatic rings. The van der Waals surface area contributed by atoms with Gasteiger partial charge in [-0.2, -0.15) is 0 Å². The molecule has 2 nitrogen and oxygen atoms in total. The molecule has 0 atom stereocenters. The SMILES string of the molecule is CCOc1ccc(-c2c(CN)csc2C)cc1C. The van der Waals surface area contributed by atoms with Crippen LogP contribution >= 0.6 is 11.3 Å². The third-order valence-electron chi connectivity index (χ3n) is 3.03. The topological polar surface area (TPSA) is 35.2 Å². The number of hydrogen-bond acceptors (Lipinski definition) is 3. The van der Waals surface area contributed by atoms with Gasteiger partial charge in [0.1, 0.15) is 5.75 Å². The lowest BCUT2D eigenvalue weighted by Crippen LogP contribution is -1.98. The van der Waals surface area contributed by atoms with Gasteiger partial charge in [-0.3, -0.25) is 0 Å². The zero-order chi connectivity index (χ0) is 13.1. The van der Waals surface area contributed by atoms with Gasteiger partial charge in [0, 0.05) is 11.4 Å². The van der Waals surface area contributed by atoms with E-state index in [1.807, 2.05) is 13.0 Å². The van der Waals surface area contributed by atoms with Gasteiger partial charge < -0.3 is 10.5 Å². The van der Waals surface area contributed by atoms with Crippen molar-refractivity contribution in [1.29, 1.82) is 0 Å². The Morgan fingerprint density at radius 2 is 2.06 bits per heavy atom. The Balaban J connectivity index is 2.45. The van der Waals surface area contributed by atoms with Crippen molar-refractivity contribution in [2.75, 3.05) is 6.61 Å². The first-order valence-corrected chi connectivity index (χ1v) is 7.06. The molecule has 0 radical (unpaired) electrons. The zero-order valence-electron chi connectivity index (χ0n) is 11.1. The van der Waals surface area contributed by atoms with Crippen molar-refractivity contribution in [1.82, 2.24) is 0 Å². The highest BCUT2D eigenvalue weighted by molar-refractivity contribution is 7.10. The van der Waals surface area contributed by atoms with Crippen molar-refractivity contribution in [3.8, 4) is 16.9 Å². The van der Waals surface area contributed by atoms with E-state index in [1.165, 1.54) is 27.1 Å². The number of hydrogen-bond donors (Lipinski definition) is 1. The number of aryl methyl sites for hydroxylation is 2. The maximum atomic E-state index is 5.80. The Hall–Kier alpha value is -1.32. The maximum absolute atomic E-state index is 5.80. The van der Waals surface area contributed by atoms with Crippen LogP contribution in [0.3, 0.4) is 0 Å². The highest BCUT2D eigenvalue weighted by Crippen LogP contribution is 2.34. The van der Waals surface area contributed by atoms with Crippen LogP contribution in [0.2, 0.25) is 0 Å². The average molecular weight is 261 g/mol. The van der Waals surface area contributed by atoms with Crippen molar-refractivity contribution in [3.05, 3.63) is 39.6 Å². The third kappa shape index (κ3) is 2.42. The molecular weight excluding hydrogens is 242 g/mol. The minimum absolute atomic E-state index is 0.589. The van der Waals surface area contributed by atoms with Crippen LogP contribution in [0, 0.1) is 13.8 Å². The second-order valence-corrected chi connectivity index (χ2v) is 5.39. The third-order valence-corrected chi connectivity index (χ3v) is 3.99. The molecule has 0 aliphatic heterocycles. The molecule has 0 aliphatic carbocycles. The van der Waals surface area contributed by atoms with Crippen molar-refractivity contribution < 1.29 is 4.74 Å². The van der Waals surface area contributed by atoms with E-state index in [9.17, 15) is 0 Å². The van der Waals surface area contributed by atoms with Gasteiger partial charge in [0.15, 0.2) is 0 Å². The summed E-state index contributed by atoms with van der Waals surface area (Å²) >= 11 is 1.76. The number of thiophene rings is 1. The highest BCUT2D eigenvalue weighted by Gasteiger charge is 2.11. The summed E-state index contributed by atoms with van der Waals surface area (Å²) in [6.07, 6.45) is 0. The van der Waals surface area contributed by atoms with Gasteiger partial charge in [-0.25, -0.2) is 0 Å². The summed E-state index contributed by atoms with van der Waals surface area (Å²) in [6.45, 7) is 7.52. The molecule has 0 spiro atoms. The molecule has 0 amide bonds. The zero-order valence-corrected chi connectivity index (χ0v) is 11.9. The van der Waals surface area contributed by atoms with E-state index in [2.05, 4.69) is 31.4 Å². The smallest absolute Gasteiger partial charge is 0.122 e. The van der Waals surface area contributed by atoms with Crippen LogP contribution < -0.4 is 10.5 Å². The molecule has 96 valence electrons. The molecule has 2 N–H and O–H groups in total. The van der Waals surface area contributed by atoms with Crippen LogP contribution in [0.25, 0.3) is 11.1 Å². The van der Waals surface area contributed by atoms with Crippen molar-refractivity contribution in [2.45, 2.75) is 27.3 Å². The Morgan fingerprint density at radius 3 is 2.67 bits per heavy atom. The summed E-state index contributed by atoms with van der Waals surface area (Å²) in [7, 11) is 0. The molecule has 2 rings (SSSR count). The molecule has 18 heavy (non-hydrogen) atoms. The van der Waals surface area contributed by atoms with Crippen LogP contribution in [0.1, 0.15) is 22.9 Å². The van der Waals surface area contributed by atoms with Crippen LogP contribution in [0.4, 0.5) is 0 Å². The van der Waals surface area contributed by atoms with Gasteiger partial charge >= 0.3 is 0 Å². The monoisotopic (exact) mass is 261 g/mol. The minimum Gasteiger partial charge on any atom is -0.494 e. The number of nitrogens with two attached hydrogens (primary N) is 1. The van der Waals surface area contributed by atoms with Crippen LogP contribution in [-0.4, -0.2) is 6.61 Å². The van der Waals surface area contributed by atoms with E-state index in [4.69, 9.17) is 10.5 Å². The first-order chi connectivity index (χ1) is 8.67. The summed E-state index contributed by atoms with van der Waals surface area (Å²) in [5.74, 6) is 0.962. The van der Waals surface area contributed by atoms with Gasteiger partial charge in [-0.1, -0.05) is 6.07 Å². The fourth-order valence-corrected chi connectivity index (χ4v) is 3.06. The van der Waals surface area contributed by atoms with Crippen LogP contribution in [0.15, 0.2) is 23.6 Å². The minimum atomic E-state index is 0.589. The van der Waals surface area contributed by atoms with Gasteiger partial charge in [0.2, 0.25) is 0 Å². The average Bonchev–Trinajstić information content (AvgIpc) is 2.73. The van der Waals surface area contributed by atoms with Crippen LogP contribution in [-0.2, 0) is 6.54 Å². The molecule has 3 heteroatoms. The Kier molecular flexibility index (Phi) is 4.04. The van der Waals surface area contributed by atoms with E-state index < -0.39 is 0 Å². The molecule has 0 saturated carbocycles.